The number of fused-ring (bicyclic) bond motifs is 1. The van der Waals surface area contributed by atoms with Gasteiger partial charge in [0.15, 0.2) is 0 Å². The fourth-order valence-electron chi connectivity index (χ4n) is 2.56. The standard InChI is InChI=1S/C19H16N4O4/c1-2-23-11-15(19(26)27)16(24)14-9-8-13(21-17(14)23)10-20-22-18(25)12-6-4-3-5-7-12/h3-11H,2H2,1H3,(H,22,25)(H,26,27)/b20-10+. The fourth-order valence-corrected chi connectivity index (χ4v) is 2.56. The summed E-state index contributed by atoms with van der Waals surface area (Å²) in [6.45, 7) is 2.26. The molecule has 8 heteroatoms. The molecule has 2 N–H and O–H groups in total. The summed E-state index contributed by atoms with van der Waals surface area (Å²) in [5, 5.41) is 13.3. The van der Waals surface area contributed by atoms with E-state index in [9.17, 15) is 14.4 Å². The van der Waals surface area contributed by atoms with E-state index in [1.807, 2.05) is 13.0 Å². The van der Waals surface area contributed by atoms with Crippen LogP contribution in [0.15, 0.2) is 58.6 Å². The van der Waals surface area contributed by atoms with Crippen molar-refractivity contribution in [2.45, 2.75) is 13.5 Å². The van der Waals surface area contributed by atoms with Crippen molar-refractivity contribution in [3.05, 3.63) is 75.7 Å². The summed E-state index contributed by atoms with van der Waals surface area (Å²) in [5.41, 5.74) is 2.76. The first kappa shape index (κ1) is 18.0. The molecule has 0 spiro atoms. The number of rotatable bonds is 5. The van der Waals surface area contributed by atoms with E-state index >= 15 is 0 Å². The molecule has 0 bridgehead atoms. The van der Waals surface area contributed by atoms with Crippen LogP contribution in [0.3, 0.4) is 0 Å². The van der Waals surface area contributed by atoms with Crippen LogP contribution >= 0.6 is 0 Å². The van der Waals surface area contributed by atoms with Gasteiger partial charge in [-0.2, -0.15) is 5.10 Å². The van der Waals surface area contributed by atoms with Gasteiger partial charge in [0.2, 0.25) is 5.43 Å². The first-order valence-corrected chi connectivity index (χ1v) is 8.17. The lowest BCUT2D eigenvalue weighted by molar-refractivity contribution is 0.0694. The topological polar surface area (TPSA) is 114 Å². The van der Waals surface area contributed by atoms with Crippen molar-refractivity contribution in [2.24, 2.45) is 5.10 Å². The van der Waals surface area contributed by atoms with E-state index in [2.05, 4.69) is 15.5 Å². The second-order valence-electron chi connectivity index (χ2n) is 5.64. The van der Waals surface area contributed by atoms with E-state index in [4.69, 9.17) is 5.11 Å². The number of hydrazone groups is 1. The van der Waals surface area contributed by atoms with Crippen LogP contribution < -0.4 is 10.9 Å². The number of aromatic carboxylic acids is 1. The predicted molar refractivity (Wildman–Crippen MR) is 100 cm³/mol. The summed E-state index contributed by atoms with van der Waals surface area (Å²) in [5.74, 6) is -1.64. The van der Waals surface area contributed by atoms with Crippen molar-refractivity contribution in [3.63, 3.8) is 0 Å². The molecule has 0 fully saturated rings. The largest absolute Gasteiger partial charge is 0.477 e. The third-order valence-electron chi connectivity index (χ3n) is 3.91. The number of carbonyl (C=O) groups excluding carboxylic acids is 1. The van der Waals surface area contributed by atoms with Gasteiger partial charge in [-0.3, -0.25) is 9.59 Å². The highest BCUT2D eigenvalue weighted by atomic mass is 16.4. The molecule has 3 rings (SSSR count). The zero-order valence-electron chi connectivity index (χ0n) is 14.4. The first-order valence-electron chi connectivity index (χ1n) is 8.17. The van der Waals surface area contributed by atoms with Crippen LogP contribution in [0.1, 0.15) is 33.3 Å². The van der Waals surface area contributed by atoms with Gasteiger partial charge in [-0.15, -0.1) is 0 Å². The Labute approximate surface area is 153 Å². The highest BCUT2D eigenvalue weighted by Gasteiger charge is 2.15. The van der Waals surface area contributed by atoms with E-state index in [0.717, 1.165) is 0 Å². The van der Waals surface area contributed by atoms with Gasteiger partial charge in [0.1, 0.15) is 11.2 Å². The highest BCUT2D eigenvalue weighted by molar-refractivity contribution is 5.95. The molecule has 1 amide bonds. The number of hydrogen-bond donors (Lipinski definition) is 2. The molecule has 0 aliphatic heterocycles. The first-order chi connectivity index (χ1) is 13.0. The number of carboxylic acids is 1. The number of nitrogens with zero attached hydrogens (tertiary/aromatic N) is 3. The lowest BCUT2D eigenvalue weighted by Gasteiger charge is -2.09. The van der Waals surface area contributed by atoms with Crippen LogP contribution in [-0.4, -0.2) is 32.7 Å². The minimum Gasteiger partial charge on any atom is -0.477 e. The monoisotopic (exact) mass is 364 g/mol. The molecule has 0 radical (unpaired) electrons. The maximum atomic E-state index is 12.3. The molecule has 2 aromatic heterocycles. The Kier molecular flexibility index (Phi) is 5.07. The molecular formula is C19H16N4O4. The van der Waals surface area contributed by atoms with Crippen LogP contribution in [0.2, 0.25) is 0 Å². The summed E-state index contributed by atoms with van der Waals surface area (Å²) >= 11 is 0. The Morgan fingerprint density at radius 2 is 1.96 bits per heavy atom. The molecule has 1 aromatic carbocycles. The van der Waals surface area contributed by atoms with Crippen LogP contribution in [0.25, 0.3) is 11.0 Å². The van der Waals surface area contributed by atoms with Gasteiger partial charge in [0.25, 0.3) is 5.91 Å². The maximum Gasteiger partial charge on any atom is 0.341 e. The zero-order chi connectivity index (χ0) is 19.4. The van der Waals surface area contributed by atoms with E-state index < -0.39 is 11.4 Å². The molecule has 0 aliphatic rings. The average molecular weight is 364 g/mol. The Hall–Kier alpha value is -3.81. The molecule has 0 unspecified atom stereocenters. The quantitative estimate of drug-likeness (QED) is 0.530. The van der Waals surface area contributed by atoms with Crippen molar-refractivity contribution < 1.29 is 14.7 Å². The minimum atomic E-state index is -1.28. The lowest BCUT2D eigenvalue weighted by Crippen LogP contribution is -2.20. The highest BCUT2D eigenvalue weighted by Crippen LogP contribution is 2.11. The van der Waals surface area contributed by atoms with Gasteiger partial charge >= 0.3 is 5.97 Å². The molecule has 8 nitrogen and oxygen atoms in total. The molecule has 27 heavy (non-hydrogen) atoms. The minimum absolute atomic E-state index is 0.210. The predicted octanol–water partition coefficient (Wildman–Crippen LogP) is 1.88. The van der Waals surface area contributed by atoms with E-state index in [1.54, 1.807) is 28.8 Å². The van der Waals surface area contributed by atoms with Crippen molar-refractivity contribution in [1.82, 2.24) is 15.0 Å². The van der Waals surface area contributed by atoms with Crippen molar-refractivity contribution >= 4 is 29.1 Å². The number of hydrogen-bond acceptors (Lipinski definition) is 5. The van der Waals surface area contributed by atoms with E-state index in [-0.39, 0.29) is 16.9 Å². The Morgan fingerprint density at radius 3 is 2.63 bits per heavy atom. The Bertz CT molecular complexity index is 1100. The van der Waals surface area contributed by atoms with Crippen molar-refractivity contribution in [1.29, 1.82) is 0 Å². The van der Waals surface area contributed by atoms with Gasteiger partial charge in [0, 0.05) is 18.3 Å². The molecule has 2 heterocycles. The maximum absolute atomic E-state index is 12.3. The van der Waals surface area contributed by atoms with Crippen molar-refractivity contribution in [3.8, 4) is 0 Å². The Balaban J connectivity index is 1.90. The molecule has 136 valence electrons. The number of carboxylic acid groups (broad SMARTS) is 1. The van der Waals surface area contributed by atoms with E-state index in [0.29, 0.717) is 23.4 Å². The van der Waals surface area contributed by atoms with Gasteiger partial charge in [-0.25, -0.2) is 15.2 Å². The smallest absolute Gasteiger partial charge is 0.341 e. The van der Waals surface area contributed by atoms with Crippen LogP contribution in [0.4, 0.5) is 0 Å². The molecular weight excluding hydrogens is 348 g/mol. The molecule has 0 saturated heterocycles. The third kappa shape index (κ3) is 3.74. The van der Waals surface area contributed by atoms with Crippen LogP contribution in [-0.2, 0) is 6.54 Å². The SMILES string of the molecule is CCn1cc(C(=O)O)c(=O)c2ccc(/C=N/NC(=O)c3ccccc3)nc21. The zero-order valence-corrected chi connectivity index (χ0v) is 14.4. The van der Waals surface area contributed by atoms with Gasteiger partial charge in [-0.1, -0.05) is 18.2 Å². The summed E-state index contributed by atoms with van der Waals surface area (Å²) in [6, 6.07) is 11.7. The summed E-state index contributed by atoms with van der Waals surface area (Å²) in [6.07, 6.45) is 2.63. The van der Waals surface area contributed by atoms with Gasteiger partial charge < -0.3 is 9.67 Å². The molecule has 3 aromatic rings. The molecule has 0 atom stereocenters. The normalized spacial score (nSPS) is 11.0. The number of aromatic nitrogens is 2. The molecule has 0 aliphatic carbocycles. The van der Waals surface area contributed by atoms with E-state index in [1.165, 1.54) is 24.5 Å². The van der Waals surface area contributed by atoms with Crippen molar-refractivity contribution in [2.75, 3.05) is 0 Å². The number of benzene rings is 1. The van der Waals surface area contributed by atoms with Crippen LogP contribution in [0.5, 0.6) is 0 Å². The molecule has 0 saturated carbocycles. The second-order valence-corrected chi connectivity index (χ2v) is 5.64. The Morgan fingerprint density at radius 1 is 1.22 bits per heavy atom. The average Bonchev–Trinajstić information content (AvgIpc) is 2.68. The summed E-state index contributed by atoms with van der Waals surface area (Å²) in [7, 11) is 0. The lowest BCUT2D eigenvalue weighted by atomic mass is 10.2. The number of nitrogens with one attached hydrogen (secondary N) is 1. The van der Waals surface area contributed by atoms with Gasteiger partial charge in [-0.05, 0) is 31.2 Å². The third-order valence-corrected chi connectivity index (χ3v) is 3.91. The summed E-state index contributed by atoms with van der Waals surface area (Å²) in [4.78, 5) is 39.8. The number of carbonyl (C=O) groups is 2. The fraction of sp³-hybridized carbons (Fsp3) is 0.105. The van der Waals surface area contributed by atoms with Crippen LogP contribution in [0, 0.1) is 0 Å². The second kappa shape index (κ2) is 7.61. The number of aryl methyl sites for hydroxylation is 1. The number of amides is 1. The summed E-state index contributed by atoms with van der Waals surface area (Å²) < 4.78 is 1.58. The van der Waals surface area contributed by atoms with Gasteiger partial charge in [0.05, 0.1) is 17.3 Å². The number of pyridine rings is 2.